The van der Waals surface area contributed by atoms with Crippen molar-refractivity contribution in [2.45, 2.75) is 45.6 Å². The largest absolute Gasteiger partial charge is 0.325 e. The summed E-state index contributed by atoms with van der Waals surface area (Å²) in [7, 11) is 0. The lowest BCUT2D eigenvalue weighted by Gasteiger charge is -2.33. The summed E-state index contributed by atoms with van der Waals surface area (Å²) in [5.74, 6) is 0.706. The lowest BCUT2D eigenvalue weighted by molar-refractivity contribution is 0.167. The highest BCUT2D eigenvalue weighted by molar-refractivity contribution is 5.75. The molecule has 1 saturated heterocycles. The molecule has 1 rings (SSSR count). The lowest BCUT2D eigenvalue weighted by Crippen LogP contribution is -2.52. The first-order valence-corrected chi connectivity index (χ1v) is 5.99. The highest BCUT2D eigenvalue weighted by Crippen LogP contribution is 2.17. The van der Waals surface area contributed by atoms with Gasteiger partial charge in [-0.1, -0.05) is 13.8 Å². The highest BCUT2D eigenvalue weighted by atomic mass is 16.2. The third-order valence-corrected chi connectivity index (χ3v) is 3.41. The third kappa shape index (κ3) is 3.13. The van der Waals surface area contributed by atoms with E-state index < -0.39 is 5.54 Å². The molecule has 0 spiro atoms. The Kier molecular flexibility index (Phi) is 4.17. The van der Waals surface area contributed by atoms with Crippen molar-refractivity contribution in [2.24, 2.45) is 5.92 Å². The van der Waals surface area contributed by atoms with Crippen LogP contribution in [0.3, 0.4) is 0 Å². The molecule has 1 aliphatic rings. The molecule has 1 aliphatic heterocycles. The fourth-order valence-corrected chi connectivity index (χ4v) is 1.72. The van der Waals surface area contributed by atoms with Gasteiger partial charge in [0.25, 0.3) is 0 Å². The Morgan fingerprint density at radius 3 is 2.56 bits per heavy atom. The number of carbonyl (C=O) groups excluding carboxylic acids is 1. The zero-order valence-electron chi connectivity index (χ0n) is 10.4. The van der Waals surface area contributed by atoms with Crippen molar-refractivity contribution in [1.29, 1.82) is 5.26 Å². The number of rotatable bonds is 2. The van der Waals surface area contributed by atoms with Crippen LogP contribution in [0, 0.1) is 17.2 Å². The van der Waals surface area contributed by atoms with Crippen LogP contribution in [-0.4, -0.2) is 29.6 Å². The molecule has 1 heterocycles. The average molecular weight is 223 g/mol. The van der Waals surface area contributed by atoms with E-state index >= 15 is 0 Å². The van der Waals surface area contributed by atoms with Gasteiger partial charge in [0.15, 0.2) is 0 Å². The second-order valence-corrected chi connectivity index (χ2v) is 4.90. The van der Waals surface area contributed by atoms with Gasteiger partial charge in [0, 0.05) is 13.1 Å². The second-order valence-electron chi connectivity index (χ2n) is 4.90. The Hall–Kier alpha value is -1.24. The predicted molar refractivity (Wildman–Crippen MR) is 62.8 cm³/mol. The fraction of sp³-hybridized carbons (Fsp3) is 0.833. The summed E-state index contributed by atoms with van der Waals surface area (Å²) in [5.41, 5.74) is -0.736. The van der Waals surface area contributed by atoms with E-state index in [4.69, 9.17) is 5.26 Å². The second kappa shape index (κ2) is 5.20. The summed E-state index contributed by atoms with van der Waals surface area (Å²) in [6.45, 7) is 7.48. The number of amides is 2. The number of hydrogen-bond acceptors (Lipinski definition) is 2. The van der Waals surface area contributed by atoms with Gasteiger partial charge in [-0.25, -0.2) is 4.79 Å². The summed E-state index contributed by atoms with van der Waals surface area (Å²) in [6, 6.07) is 2.05. The van der Waals surface area contributed by atoms with Gasteiger partial charge in [-0.15, -0.1) is 0 Å². The summed E-state index contributed by atoms with van der Waals surface area (Å²) in [4.78, 5) is 13.7. The number of nitrogens with zero attached hydrogens (tertiary/aromatic N) is 2. The predicted octanol–water partition coefficient (Wildman–Crippen LogP) is 2.12. The van der Waals surface area contributed by atoms with Gasteiger partial charge in [-0.05, 0) is 32.1 Å². The summed E-state index contributed by atoms with van der Waals surface area (Å²) < 4.78 is 0. The first-order chi connectivity index (χ1) is 7.50. The van der Waals surface area contributed by atoms with Crippen molar-refractivity contribution in [3.8, 4) is 6.07 Å². The first-order valence-electron chi connectivity index (χ1n) is 5.99. The normalized spacial score (nSPS) is 21.0. The van der Waals surface area contributed by atoms with Gasteiger partial charge < -0.3 is 10.2 Å². The summed E-state index contributed by atoms with van der Waals surface area (Å²) >= 11 is 0. The number of nitriles is 1. The van der Waals surface area contributed by atoms with Gasteiger partial charge in [0.05, 0.1) is 6.07 Å². The van der Waals surface area contributed by atoms with Gasteiger partial charge in [0.1, 0.15) is 5.54 Å². The van der Waals surface area contributed by atoms with Crippen LogP contribution >= 0.6 is 0 Å². The van der Waals surface area contributed by atoms with Crippen molar-refractivity contribution >= 4 is 6.03 Å². The minimum Gasteiger partial charge on any atom is -0.325 e. The van der Waals surface area contributed by atoms with E-state index in [1.54, 1.807) is 6.92 Å². The molecule has 0 saturated carbocycles. The molecule has 1 unspecified atom stereocenters. The first kappa shape index (κ1) is 12.8. The van der Waals surface area contributed by atoms with Crippen LogP contribution in [0.15, 0.2) is 0 Å². The number of carbonyl (C=O) groups is 1. The topological polar surface area (TPSA) is 56.1 Å². The molecule has 0 aliphatic carbocycles. The van der Waals surface area contributed by atoms with Crippen LogP contribution in [0.1, 0.15) is 40.0 Å². The van der Waals surface area contributed by atoms with Crippen LogP contribution in [0.25, 0.3) is 0 Å². The smallest absolute Gasteiger partial charge is 0.318 e. The minimum atomic E-state index is -0.736. The molecule has 2 amide bonds. The molecule has 4 nitrogen and oxygen atoms in total. The van der Waals surface area contributed by atoms with E-state index in [0.717, 1.165) is 25.9 Å². The lowest BCUT2D eigenvalue weighted by atomic mass is 9.99. The van der Waals surface area contributed by atoms with Crippen LogP contribution in [0.2, 0.25) is 0 Å². The van der Waals surface area contributed by atoms with Gasteiger partial charge in [-0.2, -0.15) is 5.26 Å². The Morgan fingerprint density at radius 2 is 2.12 bits per heavy atom. The van der Waals surface area contributed by atoms with E-state index in [2.05, 4.69) is 18.3 Å². The van der Waals surface area contributed by atoms with E-state index in [1.807, 2.05) is 11.8 Å². The zero-order valence-corrected chi connectivity index (χ0v) is 10.4. The molecule has 0 radical (unpaired) electrons. The van der Waals surface area contributed by atoms with Crippen molar-refractivity contribution in [3.05, 3.63) is 0 Å². The molecule has 0 aromatic rings. The molecular formula is C12H21N3O. The molecule has 4 heteroatoms. The summed E-state index contributed by atoms with van der Waals surface area (Å²) in [6.07, 6.45) is 2.74. The number of piperidine rings is 1. The fourth-order valence-electron chi connectivity index (χ4n) is 1.72. The monoisotopic (exact) mass is 223 g/mol. The van der Waals surface area contributed by atoms with Crippen molar-refractivity contribution in [2.75, 3.05) is 13.1 Å². The zero-order chi connectivity index (χ0) is 12.2. The SMILES string of the molecule is CCC(C)(C#N)NC(=O)N1CCC(C)CC1. The van der Waals surface area contributed by atoms with E-state index in [1.165, 1.54) is 0 Å². The molecule has 90 valence electrons. The van der Waals surface area contributed by atoms with Gasteiger partial charge in [0.2, 0.25) is 0 Å². The third-order valence-electron chi connectivity index (χ3n) is 3.41. The maximum atomic E-state index is 11.9. The Balaban J connectivity index is 2.50. The van der Waals surface area contributed by atoms with Crippen LogP contribution in [-0.2, 0) is 0 Å². The number of nitrogens with one attached hydrogen (secondary N) is 1. The average Bonchev–Trinajstić information content (AvgIpc) is 2.29. The molecule has 1 fully saturated rings. The maximum Gasteiger partial charge on any atom is 0.318 e. The number of hydrogen-bond donors (Lipinski definition) is 1. The van der Waals surface area contributed by atoms with Gasteiger partial charge >= 0.3 is 6.03 Å². The Morgan fingerprint density at radius 1 is 1.56 bits per heavy atom. The molecule has 0 aromatic carbocycles. The van der Waals surface area contributed by atoms with E-state index in [9.17, 15) is 4.79 Å². The standard InChI is InChI=1S/C12H21N3O/c1-4-12(3,9-13)14-11(16)15-7-5-10(2)6-8-15/h10H,4-8H2,1-3H3,(H,14,16). The Bertz CT molecular complexity index is 289. The van der Waals surface area contributed by atoms with E-state index in [0.29, 0.717) is 12.3 Å². The van der Waals surface area contributed by atoms with Crippen molar-refractivity contribution < 1.29 is 4.79 Å². The number of likely N-dealkylation sites (tertiary alicyclic amines) is 1. The van der Waals surface area contributed by atoms with Gasteiger partial charge in [-0.3, -0.25) is 0 Å². The van der Waals surface area contributed by atoms with Crippen LogP contribution < -0.4 is 5.32 Å². The highest BCUT2D eigenvalue weighted by Gasteiger charge is 2.27. The molecule has 0 bridgehead atoms. The quantitative estimate of drug-likeness (QED) is 0.779. The molecule has 16 heavy (non-hydrogen) atoms. The van der Waals surface area contributed by atoms with Crippen molar-refractivity contribution in [1.82, 2.24) is 10.2 Å². The summed E-state index contributed by atoms with van der Waals surface area (Å²) in [5, 5.41) is 11.8. The molecule has 0 aromatic heterocycles. The van der Waals surface area contributed by atoms with Crippen molar-refractivity contribution in [3.63, 3.8) is 0 Å². The van der Waals surface area contributed by atoms with E-state index in [-0.39, 0.29) is 6.03 Å². The molecular weight excluding hydrogens is 202 g/mol. The molecule has 1 N–H and O–H groups in total. The Labute approximate surface area is 97.6 Å². The maximum absolute atomic E-state index is 11.9. The van der Waals surface area contributed by atoms with Crippen LogP contribution in [0.5, 0.6) is 0 Å². The van der Waals surface area contributed by atoms with Crippen LogP contribution in [0.4, 0.5) is 4.79 Å². The minimum absolute atomic E-state index is 0.0993. The number of urea groups is 1. The molecule has 1 atom stereocenters.